The summed E-state index contributed by atoms with van der Waals surface area (Å²) in [6.07, 6.45) is -1.19. The van der Waals surface area contributed by atoms with Crippen molar-refractivity contribution < 1.29 is 20.1 Å². The Kier molecular flexibility index (Phi) is 3.26. The SMILES string of the molecule is CNc1ncnc2c1ncn2[C@@H]1O[C@H](CO)[C@H](O)C1O. The molecule has 0 bridgehead atoms. The van der Waals surface area contributed by atoms with Crippen molar-refractivity contribution in [3.05, 3.63) is 12.7 Å². The Morgan fingerprint density at radius 3 is 2.75 bits per heavy atom. The Hall–Kier alpha value is -1.81. The minimum atomic E-state index is -1.17. The molecule has 1 unspecified atom stereocenters. The van der Waals surface area contributed by atoms with Crippen LogP contribution < -0.4 is 5.32 Å². The van der Waals surface area contributed by atoms with Crippen molar-refractivity contribution >= 4 is 17.0 Å². The molecular weight excluding hydrogens is 266 g/mol. The van der Waals surface area contributed by atoms with Gasteiger partial charge in [-0.05, 0) is 0 Å². The largest absolute Gasteiger partial charge is 0.394 e. The number of aromatic nitrogens is 4. The third kappa shape index (κ3) is 1.83. The molecule has 4 atom stereocenters. The Bertz CT molecular complexity index is 618. The fourth-order valence-corrected chi connectivity index (χ4v) is 2.33. The molecule has 108 valence electrons. The second kappa shape index (κ2) is 4.94. The molecular formula is C11H15N5O4. The molecule has 0 amide bonds. The number of rotatable bonds is 3. The van der Waals surface area contributed by atoms with Gasteiger partial charge in [-0.2, -0.15) is 0 Å². The van der Waals surface area contributed by atoms with Crippen LogP contribution in [0.3, 0.4) is 0 Å². The van der Waals surface area contributed by atoms with Gasteiger partial charge in [-0.25, -0.2) is 15.0 Å². The molecule has 0 saturated carbocycles. The second-order valence-corrected chi connectivity index (χ2v) is 4.53. The Morgan fingerprint density at radius 1 is 1.30 bits per heavy atom. The number of anilines is 1. The van der Waals surface area contributed by atoms with Crippen LogP contribution in [-0.2, 0) is 4.74 Å². The summed E-state index contributed by atoms with van der Waals surface area (Å²) in [6, 6.07) is 0. The van der Waals surface area contributed by atoms with Gasteiger partial charge in [0.15, 0.2) is 17.7 Å². The van der Waals surface area contributed by atoms with E-state index >= 15 is 0 Å². The van der Waals surface area contributed by atoms with E-state index in [9.17, 15) is 10.2 Å². The number of ether oxygens (including phenoxy) is 1. The number of nitrogens with zero attached hydrogens (tertiary/aromatic N) is 4. The van der Waals surface area contributed by atoms with Gasteiger partial charge in [0.05, 0.1) is 12.9 Å². The van der Waals surface area contributed by atoms with Crippen molar-refractivity contribution in [2.24, 2.45) is 0 Å². The molecule has 9 nitrogen and oxygen atoms in total. The minimum absolute atomic E-state index is 0.377. The van der Waals surface area contributed by atoms with Gasteiger partial charge in [0.1, 0.15) is 30.2 Å². The number of nitrogens with one attached hydrogen (secondary N) is 1. The van der Waals surface area contributed by atoms with Crippen LogP contribution in [0.5, 0.6) is 0 Å². The standard InChI is InChI=1S/C11H15N5O4/c1-12-9-6-10(14-3-13-9)16(4-15-6)11-8(19)7(18)5(2-17)20-11/h3-5,7-8,11,17-19H,2H2,1H3,(H,12,13,14)/t5-,7+,8?,11-/m1/s1. The monoisotopic (exact) mass is 281 g/mol. The summed E-state index contributed by atoms with van der Waals surface area (Å²) in [5.74, 6) is 0.556. The average molecular weight is 281 g/mol. The highest BCUT2D eigenvalue weighted by Crippen LogP contribution is 2.31. The van der Waals surface area contributed by atoms with Gasteiger partial charge in [-0.15, -0.1) is 0 Å². The van der Waals surface area contributed by atoms with E-state index in [1.165, 1.54) is 17.2 Å². The first-order valence-electron chi connectivity index (χ1n) is 6.15. The summed E-state index contributed by atoms with van der Waals surface area (Å²) < 4.78 is 6.97. The molecule has 0 aromatic carbocycles. The number of imidazole rings is 1. The topological polar surface area (TPSA) is 126 Å². The van der Waals surface area contributed by atoms with Crippen molar-refractivity contribution in [2.45, 2.75) is 24.5 Å². The maximum absolute atomic E-state index is 10.0. The molecule has 0 spiro atoms. The first-order chi connectivity index (χ1) is 9.67. The number of hydrogen-bond acceptors (Lipinski definition) is 8. The van der Waals surface area contributed by atoms with Gasteiger partial charge >= 0.3 is 0 Å². The lowest BCUT2D eigenvalue weighted by molar-refractivity contribution is -0.0511. The lowest BCUT2D eigenvalue weighted by atomic mass is 10.1. The zero-order chi connectivity index (χ0) is 14.3. The van der Waals surface area contributed by atoms with Crippen LogP contribution in [0.25, 0.3) is 11.2 Å². The van der Waals surface area contributed by atoms with Gasteiger partial charge < -0.3 is 25.4 Å². The number of fused-ring (bicyclic) bond motifs is 1. The summed E-state index contributed by atoms with van der Waals surface area (Å²) in [6.45, 7) is -0.377. The Morgan fingerprint density at radius 2 is 2.10 bits per heavy atom. The van der Waals surface area contributed by atoms with Crippen LogP contribution >= 0.6 is 0 Å². The lowest BCUT2D eigenvalue weighted by Crippen LogP contribution is -2.33. The molecule has 2 aromatic rings. The Labute approximate surface area is 113 Å². The van der Waals surface area contributed by atoms with Crippen molar-refractivity contribution in [3.8, 4) is 0 Å². The summed E-state index contributed by atoms with van der Waals surface area (Å²) in [5, 5.41) is 31.8. The fourth-order valence-electron chi connectivity index (χ4n) is 2.33. The average Bonchev–Trinajstić information content (AvgIpc) is 3.01. The van der Waals surface area contributed by atoms with E-state index in [2.05, 4.69) is 20.3 Å². The van der Waals surface area contributed by atoms with Crippen molar-refractivity contribution in [3.63, 3.8) is 0 Å². The van der Waals surface area contributed by atoms with E-state index < -0.39 is 24.5 Å². The molecule has 9 heteroatoms. The smallest absolute Gasteiger partial charge is 0.167 e. The van der Waals surface area contributed by atoms with Gasteiger partial charge in [0, 0.05) is 7.05 Å². The quantitative estimate of drug-likeness (QED) is 0.534. The van der Waals surface area contributed by atoms with E-state index in [4.69, 9.17) is 9.84 Å². The van der Waals surface area contributed by atoms with Crippen molar-refractivity contribution in [1.82, 2.24) is 19.5 Å². The van der Waals surface area contributed by atoms with Crippen LogP contribution in [0.15, 0.2) is 12.7 Å². The molecule has 1 aliphatic heterocycles. The molecule has 0 aliphatic carbocycles. The fraction of sp³-hybridized carbons (Fsp3) is 0.545. The van der Waals surface area contributed by atoms with E-state index in [-0.39, 0.29) is 6.61 Å². The third-order valence-electron chi connectivity index (χ3n) is 3.39. The normalized spacial score (nSPS) is 30.0. The molecule has 1 fully saturated rings. The highest BCUT2D eigenvalue weighted by Gasteiger charge is 2.43. The van der Waals surface area contributed by atoms with E-state index in [0.29, 0.717) is 17.0 Å². The first kappa shape index (κ1) is 13.2. The molecule has 3 rings (SSSR count). The van der Waals surface area contributed by atoms with Crippen molar-refractivity contribution in [2.75, 3.05) is 19.0 Å². The maximum Gasteiger partial charge on any atom is 0.167 e. The summed E-state index contributed by atoms with van der Waals surface area (Å²) in [7, 11) is 1.72. The van der Waals surface area contributed by atoms with Gasteiger partial charge in [-0.1, -0.05) is 0 Å². The second-order valence-electron chi connectivity index (χ2n) is 4.53. The molecule has 1 saturated heterocycles. The van der Waals surface area contributed by atoms with Crippen LogP contribution in [-0.4, -0.2) is 66.8 Å². The number of aliphatic hydroxyl groups is 3. The Balaban J connectivity index is 2.03. The molecule has 1 aliphatic rings. The molecule has 20 heavy (non-hydrogen) atoms. The molecule has 0 radical (unpaired) electrons. The van der Waals surface area contributed by atoms with E-state index in [1.54, 1.807) is 7.05 Å². The van der Waals surface area contributed by atoms with Crippen LogP contribution in [0.4, 0.5) is 5.82 Å². The van der Waals surface area contributed by atoms with E-state index in [1.807, 2.05) is 0 Å². The van der Waals surface area contributed by atoms with Crippen LogP contribution in [0.2, 0.25) is 0 Å². The summed E-state index contributed by atoms with van der Waals surface area (Å²) >= 11 is 0. The van der Waals surface area contributed by atoms with Crippen LogP contribution in [0, 0.1) is 0 Å². The molecule has 3 heterocycles. The number of aliphatic hydroxyl groups excluding tert-OH is 3. The first-order valence-corrected chi connectivity index (χ1v) is 6.15. The summed E-state index contributed by atoms with van der Waals surface area (Å²) in [5.41, 5.74) is 1.01. The van der Waals surface area contributed by atoms with Crippen molar-refractivity contribution in [1.29, 1.82) is 0 Å². The highest BCUT2D eigenvalue weighted by molar-refractivity contribution is 5.82. The predicted octanol–water partition coefficient (Wildman–Crippen LogP) is -1.52. The maximum atomic E-state index is 10.0. The van der Waals surface area contributed by atoms with Gasteiger partial charge in [0.2, 0.25) is 0 Å². The molecule has 4 N–H and O–H groups in total. The van der Waals surface area contributed by atoms with Gasteiger partial charge in [-0.3, -0.25) is 4.57 Å². The van der Waals surface area contributed by atoms with Crippen LogP contribution in [0.1, 0.15) is 6.23 Å². The predicted molar refractivity (Wildman–Crippen MR) is 67.9 cm³/mol. The lowest BCUT2D eigenvalue weighted by Gasteiger charge is -2.16. The molecule has 2 aromatic heterocycles. The number of hydrogen-bond donors (Lipinski definition) is 4. The zero-order valence-electron chi connectivity index (χ0n) is 10.7. The third-order valence-corrected chi connectivity index (χ3v) is 3.39. The zero-order valence-corrected chi connectivity index (χ0v) is 10.7. The van der Waals surface area contributed by atoms with E-state index in [0.717, 1.165) is 0 Å². The minimum Gasteiger partial charge on any atom is -0.394 e. The summed E-state index contributed by atoms with van der Waals surface area (Å²) in [4.78, 5) is 12.3. The highest BCUT2D eigenvalue weighted by atomic mass is 16.6. The van der Waals surface area contributed by atoms with Gasteiger partial charge in [0.25, 0.3) is 0 Å².